The van der Waals surface area contributed by atoms with Crippen LogP contribution in [0.1, 0.15) is 67.7 Å². The summed E-state index contributed by atoms with van der Waals surface area (Å²) in [5.74, 6) is 2.62. The third-order valence-corrected chi connectivity index (χ3v) is 3.18. The van der Waals surface area contributed by atoms with Crippen molar-refractivity contribution in [1.82, 2.24) is 0 Å². The van der Waals surface area contributed by atoms with E-state index in [2.05, 4.69) is 48.5 Å². The Hall–Kier alpha value is 0. The summed E-state index contributed by atoms with van der Waals surface area (Å²) < 4.78 is 0. The molecule has 0 amide bonds. The zero-order valence-electron chi connectivity index (χ0n) is 11.4. The lowest BCUT2D eigenvalue weighted by atomic mass is 9.73. The van der Waals surface area contributed by atoms with Crippen LogP contribution in [0.5, 0.6) is 0 Å². The molecule has 0 N–H and O–H groups in total. The highest BCUT2D eigenvalue weighted by Gasteiger charge is 2.25. The van der Waals surface area contributed by atoms with E-state index >= 15 is 0 Å². The molecule has 0 spiro atoms. The lowest BCUT2D eigenvalue weighted by Gasteiger charge is -2.33. The van der Waals surface area contributed by atoms with Gasteiger partial charge in [0.25, 0.3) is 0 Å². The average molecular weight is 198 g/mol. The van der Waals surface area contributed by atoms with Crippen LogP contribution in [0.2, 0.25) is 0 Å². The SMILES string of the molecule is CCCC(C)C(CC(C)(C)C)C(C)C. The molecule has 0 nitrogen and oxygen atoms in total. The molecule has 0 saturated carbocycles. The fraction of sp³-hybridized carbons (Fsp3) is 1.00. The van der Waals surface area contributed by atoms with Gasteiger partial charge in [0.1, 0.15) is 0 Å². The maximum Gasteiger partial charge on any atom is -0.0360 e. The molecule has 0 aliphatic heterocycles. The third-order valence-electron chi connectivity index (χ3n) is 3.18. The zero-order valence-corrected chi connectivity index (χ0v) is 11.4. The maximum atomic E-state index is 2.43. The summed E-state index contributed by atoms with van der Waals surface area (Å²) >= 11 is 0. The zero-order chi connectivity index (χ0) is 11.4. The first-order valence-electron chi connectivity index (χ1n) is 6.28. The summed E-state index contributed by atoms with van der Waals surface area (Å²) in [6, 6.07) is 0. The summed E-state index contributed by atoms with van der Waals surface area (Å²) in [6.07, 6.45) is 4.08. The minimum atomic E-state index is 0.483. The monoisotopic (exact) mass is 198 g/mol. The molecule has 86 valence electrons. The molecular formula is C14H30. The Labute approximate surface area is 91.5 Å². The highest BCUT2D eigenvalue weighted by Crippen LogP contribution is 2.35. The van der Waals surface area contributed by atoms with E-state index in [1.165, 1.54) is 19.3 Å². The molecule has 0 bridgehead atoms. The molecule has 0 aliphatic rings. The summed E-state index contributed by atoms with van der Waals surface area (Å²) in [6.45, 7) is 16.6. The Bertz CT molecular complexity index is 139. The molecule has 0 rings (SSSR count). The van der Waals surface area contributed by atoms with E-state index in [1.54, 1.807) is 0 Å². The quantitative estimate of drug-likeness (QED) is 0.574. The topological polar surface area (TPSA) is 0 Å². The fourth-order valence-electron chi connectivity index (χ4n) is 2.47. The van der Waals surface area contributed by atoms with Gasteiger partial charge in [-0.1, -0.05) is 61.3 Å². The van der Waals surface area contributed by atoms with Gasteiger partial charge in [-0.05, 0) is 29.6 Å². The van der Waals surface area contributed by atoms with Crippen molar-refractivity contribution in [2.75, 3.05) is 0 Å². The second kappa shape index (κ2) is 5.78. The predicted octanol–water partition coefficient (Wildman–Crippen LogP) is 5.13. The fourth-order valence-corrected chi connectivity index (χ4v) is 2.47. The first-order valence-corrected chi connectivity index (χ1v) is 6.28. The van der Waals surface area contributed by atoms with Crippen LogP contribution < -0.4 is 0 Å². The number of rotatable bonds is 5. The molecular weight excluding hydrogens is 168 g/mol. The van der Waals surface area contributed by atoms with Crippen molar-refractivity contribution in [3.8, 4) is 0 Å². The largest absolute Gasteiger partial charge is 0.0654 e. The lowest BCUT2D eigenvalue weighted by molar-refractivity contribution is 0.173. The van der Waals surface area contributed by atoms with Crippen LogP contribution >= 0.6 is 0 Å². The van der Waals surface area contributed by atoms with E-state index in [4.69, 9.17) is 0 Å². The molecule has 0 aromatic heterocycles. The Kier molecular flexibility index (Phi) is 5.78. The summed E-state index contributed by atoms with van der Waals surface area (Å²) in [5.41, 5.74) is 0.483. The van der Waals surface area contributed by atoms with Gasteiger partial charge in [0.15, 0.2) is 0 Å². The van der Waals surface area contributed by atoms with Gasteiger partial charge in [-0.15, -0.1) is 0 Å². The van der Waals surface area contributed by atoms with Gasteiger partial charge < -0.3 is 0 Å². The van der Waals surface area contributed by atoms with E-state index in [1.807, 2.05) is 0 Å². The van der Waals surface area contributed by atoms with E-state index < -0.39 is 0 Å². The Morgan fingerprint density at radius 2 is 1.50 bits per heavy atom. The van der Waals surface area contributed by atoms with Gasteiger partial charge in [-0.3, -0.25) is 0 Å². The highest BCUT2D eigenvalue weighted by atomic mass is 14.3. The van der Waals surface area contributed by atoms with Crippen LogP contribution in [0.15, 0.2) is 0 Å². The Morgan fingerprint density at radius 3 is 1.79 bits per heavy atom. The van der Waals surface area contributed by atoms with Crippen LogP contribution in [0.25, 0.3) is 0 Å². The van der Waals surface area contributed by atoms with Crippen molar-refractivity contribution >= 4 is 0 Å². The first-order chi connectivity index (χ1) is 6.28. The molecule has 0 radical (unpaired) electrons. The van der Waals surface area contributed by atoms with Gasteiger partial charge in [-0.25, -0.2) is 0 Å². The van der Waals surface area contributed by atoms with Gasteiger partial charge in [0, 0.05) is 0 Å². The standard InChI is InChI=1S/C14H30/c1-8-9-12(4)13(11(2)3)10-14(5,6)7/h11-13H,8-10H2,1-7H3. The predicted molar refractivity (Wildman–Crippen MR) is 66.5 cm³/mol. The van der Waals surface area contributed by atoms with E-state index in [-0.39, 0.29) is 0 Å². The number of hydrogen-bond acceptors (Lipinski definition) is 0. The van der Waals surface area contributed by atoms with E-state index in [0.29, 0.717) is 5.41 Å². The van der Waals surface area contributed by atoms with E-state index in [0.717, 1.165) is 17.8 Å². The van der Waals surface area contributed by atoms with Crippen molar-refractivity contribution in [2.24, 2.45) is 23.2 Å². The minimum Gasteiger partial charge on any atom is -0.0654 e. The summed E-state index contributed by atoms with van der Waals surface area (Å²) in [4.78, 5) is 0. The van der Waals surface area contributed by atoms with Crippen molar-refractivity contribution in [3.63, 3.8) is 0 Å². The second-order valence-corrected chi connectivity index (χ2v) is 6.44. The van der Waals surface area contributed by atoms with Crippen LogP contribution in [0.3, 0.4) is 0 Å². The Balaban J connectivity index is 4.29. The minimum absolute atomic E-state index is 0.483. The lowest BCUT2D eigenvalue weighted by Crippen LogP contribution is -2.23. The van der Waals surface area contributed by atoms with Gasteiger partial charge in [0.2, 0.25) is 0 Å². The van der Waals surface area contributed by atoms with Gasteiger partial charge in [0.05, 0.1) is 0 Å². The summed E-state index contributed by atoms with van der Waals surface area (Å²) in [7, 11) is 0. The van der Waals surface area contributed by atoms with Crippen molar-refractivity contribution < 1.29 is 0 Å². The highest BCUT2D eigenvalue weighted by molar-refractivity contribution is 4.75. The van der Waals surface area contributed by atoms with Crippen molar-refractivity contribution in [3.05, 3.63) is 0 Å². The molecule has 0 fully saturated rings. The van der Waals surface area contributed by atoms with Gasteiger partial charge in [-0.2, -0.15) is 0 Å². The van der Waals surface area contributed by atoms with Crippen LogP contribution in [0.4, 0.5) is 0 Å². The first kappa shape index (κ1) is 14.0. The van der Waals surface area contributed by atoms with Crippen molar-refractivity contribution in [1.29, 1.82) is 0 Å². The smallest absolute Gasteiger partial charge is 0.0360 e. The number of hydrogen-bond donors (Lipinski definition) is 0. The molecule has 2 atom stereocenters. The maximum absolute atomic E-state index is 2.43. The average Bonchev–Trinajstić information content (AvgIpc) is 1.98. The van der Waals surface area contributed by atoms with E-state index in [9.17, 15) is 0 Å². The van der Waals surface area contributed by atoms with Crippen LogP contribution in [-0.4, -0.2) is 0 Å². The molecule has 2 unspecified atom stereocenters. The molecule has 0 aromatic carbocycles. The second-order valence-electron chi connectivity index (χ2n) is 6.44. The van der Waals surface area contributed by atoms with Crippen LogP contribution in [-0.2, 0) is 0 Å². The summed E-state index contributed by atoms with van der Waals surface area (Å²) in [5, 5.41) is 0. The van der Waals surface area contributed by atoms with Crippen molar-refractivity contribution in [2.45, 2.75) is 67.7 Å². The molecule has 0 heterocycles. The van der Waals surface area contributed by atoms with Gasteiger partial charge >= 0.3 is 0 Å². The molecule has 0 aliphatic carbocycles. The van der Waals surface area contributed by atoms with Crippen LogP contribution in [0, 0.1) is 23.2 Å². The normalized spacial score (nSPS) is 17.1. The molecule has 0 aromatic rings. The molecule has 0 heteroatoms. The third kappa shape index (κ3) is 5.67. The molecule has 0 saturated heterocycles. The molecule has 14 heavy (non-hydrogen) atoms. The Morgan fingerprint density at radius 1 is 1.00 bits per heavy atom.